The molecule has 2 fully saturated rings. The molecule has 6 atom stereocenters. The lowest BCUT2D eigenvalue weighted by molar-refractivity contribution is 0.0287. The number of aliphatic hydroxyl groups is 2. The van der Waals surface area contributed by atoms with E-state index in [1.54, 1.807) is 18.2 Å². The highest BCUT2D eigenvalue weighted by atomic mass is 16.5. The average Bonchev–Trinajstić information content (AvgIpc) is 2.96. The molecule has 0 bridgehead atoms. The third-order valence-corrected chi connectivity index (χ3v) is 6.60. The van der Waals surface area contributed by atoms with Gasteiger partial charge in [-0.2, -0.15) is 0 Å². The van der Waals surface area contributed by atoms with E-state index in [2.05, 4.69) is 0 Å². The number of carbonyl (C=O) groups is 1. The Morgan fingerprint density at radius 2 is 1.88 bits per heavy atom. The van der Waals surface area contributed by atoms with E-state index in [-0.39, 0.29) is 36.0 Å². The number of fused-ring (bicyclic) bond motifs is 1. The lowest BCUT2D eigenvalue weighted by Gasteiger charge is -2.21. The quantitative estimate of drug-likeness (QED) is 0.571. The van der Waals surface area contributed by atoms with Crippen LogP contribution in [0.15, 0.2) is 66.7 Å². The molecule has 1 heterocycles. The first-order valence-electron chi connectivity index (χ1n) is 11.2. The van der Waals surface area contributed by atoms with Gasteiger partial charge in [0.1, 0.15) is 18.5 Å². The number of carboxylic acid groups (broad SMARTS) is 1. The number of para-hydroxylation sites is 1. The van der Waals surface area contributed by atoms with E-state index in [1.165, 1.54) is 0 Å². The van der Waals surface area contributed by atoms with Crippen molar-refractivity contribution in [3.8, 4) is 5.75 Å². The Bertz CT molecular complexity index is 910. The molecule has 2 aromatic carbocycles. The number of aromatic carboxylic acids is 1. The lowest BCUT2D eigenvalue weighted by atomic mass is 9.85. The zero-order valence-electron chi connectivity index (χ0n) is 17.9. The first-order valence-corrected chi connectivity index (χ1v) is 11.2. The molecule has 1 saturated carbocycles. The van der Waals surface area contributed by atoms with E-state index >= 15 is 0 Å². The summed E-state index contributed by atoms with van der Waals surface area (Å²) in [7, 11) is 0. The Labute approximate surface area is 188 Å². The standard InChI is InChI=1S/C26H30O6/c27-20(16-31-21-4-2-1-3-5-21)11-13-22-23-12-10-19(15-32-25(23)14-24(22)28)17-6-8-18(9-7-17)26(29)30/h1-9,11,13,19-20,22-25,27-28H,10,12,14-16H2,(H,29,30)/b13-11+/t19-,20-,22-,23-,24-,25+/m1/s1. The Morgan fingerprint density at radius 3 is 2.59 bits per heavy atom. The number of hydrogen-bond acceptors (Lipinski definition) is 5. The maximum Gasteiger partial charge on any atom is 0.335 e. The second kappa shape index (κ2) is 10.3. The van der Waals surface area contributed by atoms with Crippen molar-refractivity contribution < 1.29 is 29.6 Å². The second-order valence-electron chi connectivity index (χ2n) is 8.69. The molecule has 6 heteroatoms. The van der Waals surface area contributed by atoms with Crippen LogP contribution < -0.4 is 4.74 Å². The van der Waals surface area contributed by atoms with Gasteiger partial charge >= 0.3 is 5.97 Å². The minimum atomic E-state index is -0.928. The van der Waals surface area contributed by atoms with E-state index in [4.69, 9.17) is 14.6 Å². The van der Waals surface area contributed by atoms with Gasteiger partial charge in [-0.3, -0.25) is 0 Å². The summed E-state index contributed by atoms with van der Waals surface area (Å²) in [5.41, 5.74) is 1.36. The van der Waals surface area contributed by atoms with Gasteiger partial charge in [0.05, 0.1) is 24.4 Å². The Morgan fingerprint density at radius 1 is 1.12 bits per heavy atom. The fraction of sp³-hybridized carbons (Fsp3) is 0.423. The van der Waals surface area contributed by atoms with Gasteiger partial charge < -0.3 is 24.8 Å². The van der Waals surface area contributed by atoms with Crippen molar-refractivity contribution in [1.29, 1.82) is 0 Å². The number of carboxylic acids is 1. The number of hydrogen-bond donors (Lipinski definition) is 3. The van der Waals surface area contributed by atoms with Crippen LogP contribution in [0.25, 0.3) is 0 Å². The second-order valence-corrected chi connectivity index (χ2v) is 8.69. The number of rotatable bonds is 7. The summed E-state index contributed by atoms with van der Waals surface area (Å²) >= 11 is 0. The first-order chi connectivity index (χ1) is 15.5. The van der Waals surface area contributed by atoms with E-state index in [0.29, 0.717) is 18.8 Å². The average molecular weight is 439 g/mol. The molecular formula is C26H30O6. The molecule has 1 saturated heterocycles. The number of aliphatic hydroxyl groups excluding tert-OH is 2. The van der Waals surface area contributed by atoms with Gasteiger partial charge in [-0.25, -0.2) is 4.79 Å². The monoisotopic (exact) mass is 438 g/mol. The molecule has 0 radical (unpaired) electrons. The van der Waals surface area contributed by atoms with Crippen molar-refractivity contribution >= 4 is 5.97 Å². The van der Waals surface area contributed by atoms with Crippen molar-refractivity contribution in [2.24, 2.45) is 11.8 Å². The molecule has 0 aromatic heterocycles. The van der Waals surface area contributed by atoms with Crippen LogP contribution in [0.2, 0.25) is 0 Å². The Kier molecular flexibility index (Phi) is 7.25. The minimum Gasteiger partial charge on any atom is -0.491 e. The largest absolute Gasteiger partial charge is 0.491 e. The van der Waals surface area contributed by atoms with Crippen molar-refractivity contribution in [2.75, 3.05) is 13.2 Å². The summed E-state index contributed by atoms with van der Waals surface area (Å²) in [4.78, 5) is 11.1. The predicted molar refractivity (Wildman–Crippen MR) is 120 cm³/mol. The van der Waals surface area contributed by atoms with Gasteiger partial charge in [0.25, 0.3) is 0 Å². The van der Waals surface area contributed by atoms with Crippen molar-refractivity contribution in [2.45, 2.75) is 43.5 Å². The molecule has 2 aliphatic rings. The zero-order valence-corrected chi connectivity index (χ0v) is 17.9. The van der Waals surface area contributed by atoms with Gasteiger partial charge in [-0.05, 0) is 48.6 Å². The van der Waals surface area contributed by atoms with Gasteiger partial charge in [0.2, 0.25) is 0 Å². The molecule has 32 heavy (non-hydrogen) atoms. The van der Waals surface area contributed by atoms with Crippen molar-refractivity contribution in [3.05, 3.63) is 77.9 Å². The van der Waals surface area contributed by atoms with Gasteiger partial charge in [-0.15, -0.1) is 0 Å². The molecule has 1 aliphatic heterocycles. The third kappa shape index (κ3) is 5.38. The van der Waals surface area contributed by atoms with E-state index in [9.17, 15) is 15.0 Å². The summed E-state index contributed by atoms with van der Waals surface area (Å²) in [6, 6.07) is 16.4. The Balaban J connectivity index is 1.35. The van der Waals surface area contributed by atoms with Crippen LogP contribution in [0.1, 0.15) is 41.1 Å². The van der Waals surface area contributed by atoms with Crippen LogP contribution in [0.3, 0.4) is 0 Å². The summed E-state index contributed by atoms with van der Waals surface area (Å²) in [5, 5.41) is 30.0. The molecule has 0 spiro atoms. The van der Waals surface area contributed by atoms with Gasteiger partial charge in [0.15, 0.2) is 0 Å². The zero-order chi connectivity index (χ0) is 22.5. The molecule has 0 amide bonds. The highest BCUT2D eigenvalue weighted by Gasteiger charge is 2.43. The highest BCUT2D eigenvalue weighted by Crippen LogP contribution is 2.43. The van der Waals surface area contributed by atoms with Crippen molar-refractivity contribution in [1.82, 2.24) is 0 Å². The Hall–Kier alpha value is -2.67. The van der Waals surface area contributed by atoms with Gasteiger partial charge in [-0.1, -0.05) is 42.5 Å². The highest BCUT2D eigenvalue weighted by molar-refractivity contribution is 5.87. The summed E-state index contributed by atoms with van der Waals surface area (Å²) < 4.78 is 11.8. The van der Waals surface area contributed by atoms with Crippen LogP contribution in [0.4, 0.5) is 0 Å². The molecule has 0 unspecified atom stereocenters. The van der Waals surface area contributed by atoms with Crippen molar-refractivity contribution in [3.63, 3.8) is 0 Å². The van der Waals surface area contributed by atoms with Crippen LogP contribution in [-0.2, 0) is 4.74 Å². The van der Waals surface area contributed by atoms with Crippen LogP contribution >= 0.6 is 0 Å². The molecule has 6 nitrogen and oxygen atoms in total. The summed E-state index contributed by atoms with van der Waals surface area (Å²) in [6.07, 6.45) is 4.76. The fourth-order valence-electron chi connectivity index (χ4n) is 4.83. The third-order valence-electron chi connectivity index (χ3n) is 6.60. The topological polar surface area (TPSA) is 96.2 Å². The molecule has 4 rings (SSSR count). The van der Waals surface area contributed by atoms with Crippen LogP contribution in [0, 0.1) is 11.8 Å². The maximum atomic E-state index is 11.1. The SMILES string of the molecule is O=C(O)c1ccc([C@@H]2CC[C@@H]3[C@@H](/C=C/[C@@H](O)COc4ccccc4)[C@H](O)C[C@@H]3OC2)cc1. The molecule has 3 N–H and O–H groups in total. The first kappa shape index (κ1) is 22.5. The molecule has 1 aliphatic carbocycles. The fourth-order valence-corrected chi connectivity index (χ4v) is 4.83. The van der Waals surface area contributed by atoms with Gasteiger partial charge in [0, 0.05) is 18.3 Å². The normalized spacial score (nSPS) is 28.8. The molecule has 2 aromatic rings. The number of benzene rings is 2. The maximum absolute atomic E-state index is 11.1. The lowest BCUT2D eigenvalue weighted by Crippen LogP contribution is -2.22. The van der Waals surface area contributed by atoms with E-state index in [1.807, 2.05) is 48.5 Å². The smallest absolute Gasteiger partial charge is 0.335 e. The van der Waals surface area contributed by atoms with E-state index < -0.39 is 18.2 Å². The molecular weight excluding hydrogens is 408 g/mol. The summed E-state index contributed by atoms with van der Waals surface area (Å²) in [5.74, 6) is 0.102. The minimum absolute atomic E-state index is 0.0133. The van der Waals surface area contributed by atoms with E-state index in [0.717, 1.165) is 18.4 Å². The summed E-state index contributed by atoms with van der Waals surface area (Å²) in [6.45, 7) is 0.715. The molecule has 170 valence electrons. The predicted octanol–water partition coefficient (Wildman–Crippen LogP) is 3.64. The van der Waals surface area contributed by atoms with Crippen LogP contribution in [-0.4, -0.2) is 52.8 Å². The number of ether oxygens (including phenoxy) is 2. The van der Waals surface area contributed by atoms with Crippen LogP contribution in [0.5, 0.6) is 5.75 Å².